The summed E-state index contributed by atoms with van der Waals surface area (Å²) in [5.74, 6) is 1.30. The largest absolute Gasteiger partial charge is 0.321 e. The summed E-state index contributed by atoms with van der Waals surface area (Å²) in [7, 11) is 0. The molecule has 1 aromatic carbocycles. The Labute approximate surface area is 123 Å². The van der Waals surface area contributed by atoms with Crippen molar-refractivity contribution < 1.29 is 0 Å². The average molecular weight is 286 g/mol. The summed E-state index contributed by atoms with van der Waals surface area (Å²) < 4.78 is 2.16. The quantitative estimate of drug-likeness (QED) is 0.683. The summed E-state index contributed by atoms with van der Waals surface area (Å²) in [6, 6.07) is 12.2. The molecule has 0 amide bonds. The van der Waals surface area contributed by atoms with Gasteiger partial charge in [-0.15, -0.1) is 11.6 Å². The predicted molar refractivity (Wildman–Crippen MR) is 82.0 cm³/mol. The van der Waals surface area contributed by atoms with Crippen LogP contribution >= 0.6 is 11.6 Å². The number of para-hydroxylation sites is 2. The van der Waals surface area contributed by atoms with Crippen LogP contribution in [0.4, 0.5) is 0 Å². The highest BCUT2D eigenvalue weighted by Gasteiger charge is 2.11. The molecule has 2 heterocycles. The fraction of sp³-hybridized carbons (Fsp3) is 0.250. The molecule has 0 unspecified atom stereocenters. The minimum absolute atomic E-state index is 0.406. The van der Waals surface area contributed by atoms with E-state index in [2.05, 4.69) is 33.6 Å². The van der Waals surface area contributed by atoms with Crippen molar-refractivity contribution in [2.24, 2.45) is 0 Å². The lowest BCUT2D eigenvalue weighted by atomic mass is 10.1. The van der Waals surface area contributed by atoms with E-state index >= 15 is 0 Å². The maximum atomic E-state index is 6.04. The van der Waals surface area contributed by atoms with Crippen molar-refractivity contribution in [2.45, 2.75) is 25.8 Å². The van der Waals surface area contributed by atoms with Gasteiger partial charge in [0.15, 0.2) is 0 Å². The number of hydrogen-bond donors (Lipinski definition) is 0. The van der Waals surface area contributed by atoms with Crippen LogP contribution in [0.3, 0.4) is 0 Å². The van der Waals surface area contributed by atoms with Gasteiger partial charge in [0.05, 0.1) is 29.2 Å². The molecule has 0 fully saturated rings. The van der Waals surface area contributed by atoms with Gasteiger partial charge in [-0.2, -0.15) is 0 Å². The Hall–Kier alpha value is -1.87. The Balaban J connectivity index is 2.10. The second-order valence-electron chi connectivity index (χ2n) is 4.70. The molecule has 3 rings (SSSR count). The third-order valence-electron chi connectivity index (χ3n) is 3.53. The smallest absolute Gasteiger partial charge is 0.125 e. The second kappa shape index (κ2) is 5.63. The number of aryl methyl sites for hydroxylation is 1. The van der Waals surface area contributed by atoms with Crippen LogP contribution in [0.15, 0.2) is 42.6 Å². The van der Waals surface area contributed by atoms with Crippen molar-refractivity contribution in [3.05, 3.63) is 59.7 Å². The maximum Gasteiger partial charge on any atom is 0.125 e. The van der Waals surface area contributed by atoms with Gasteiger partial charge in [0.1, 0.15) is 5.82 Å². The Morgan fingerprint density at radius 1 is 1.15 bits per heavy atom. The predicted octanol–water partition coefficient (Wildman–Crippen LogP) is 3.78. The molecule has 3 aromatic rings. The molecule has 0 aliphatic rings. The average Bonchev–Trinajstić information content (AvgIpc) is 2.86. The number of benzene rings is 1. The standard InChI is InChI=1S/C16H16ClN3/c1-2-12-6-5-9-18-14(12)11-20-15-8-4-3-7-13(15)19-16(20)10-17/h3-9H,2,10-11H2,1H3. The third-order valence-corrected chi connectivity index (χ3v) is 3.77. The molecular formula is C16H16ClN3. The van der Waals surface area contributed by atoms with Crippen LogP contribution in [0, 0.1) is 0 Å². The number of halogens is 1. The number of alkyl halides is 1. The van der Waals surface area contributed by atoms with Crippen LogP contribution in [-0.4, -0.2) is 14.5 Å². The van der Waals surface area contributed by atoms with Gasteiger partial charge in [0, 0.05) is 6.20 Å². The summed E-state index contributed by atoms with van der Waals surface area (Å²) >= 11 is 6.04. The molecule has 0 aliphatic carbocycles. The van der Waals surface area contributed by atoms with Gasteiger partial charge in [-0.05, 0) is 30.2 Å². The molecule has 102 valence electrons. The molecule has 0 N–H and O–H groups in total. The van der Waals surface area contributed by atoms with Gasteiger partial charge in [0.25, 0.3) is 0 Å². The number of nitrogens with zero attached hydrogens (tertiary/aromatic N) is 3. The van der Waals surface area contributed by atoms with Crippen molar-refractivity contribution in [1.82, 2.24) is 14.5 Å². The Morgan fingerprint density at radius 2 is 2.00 bits per heavy atom. The first-order valence-electron chi connectivity index (χ1n) is 6.76. The Kier molecular flexibility index (Phi) is 3.70. The van der Waals surface area contributed by atoms with Crippen molar-refractivity contribution in [3.63, 3.8) is 0 Å². The summed E-state index contributed by atoms with van der Waals surface area (Å²) in [6.07, 6.45) is 2.82. The molecule has 0 saturated heterocycles. The van der Waals surface area contributed by atoms with Crippen LogP contribution in [0.5, 0.6) is 0 Å². The molecular weight excluding hydrogens is 270 g/mol. The van der Waals surface area contributed by atoms with Crippen LogP contribution in [-0.2, 0) is 18.8 Å². The monoisotopic (exact) mass is 285 g/mol. The number of pyridine rings is 1. The first-order valence-corrected chi connectivity index (χ1v) is 7.29. The molecule has 3 nitrogen and oxygen atoms in total. The number of aromatic nitrogens is 3. The molecule has 2 aromatic heterocycles. The highest BCUT2D eigenvalue weighted by molar-refractivity contribution is 6.16. The zero-order valence-electron chi connectivity index (χ0n) is 11.4. The van der Waals surface area contributed by atoms with E-state index in [4.69, 9.17) is 11.6 Å². The van der Waals surface area contributed by atoms with E-state index in [0.717, 1.165) is 29.0 Å². The minimum Gasteiger partial charge on any atom is -0.321 e. The number of imidazole rings is 1. The van der Waals surface area contributed by atoms with Gasteiger partial charge in [-0.3, -0.25) is 4.98 Å². The van der Waals surface area contributed by atoms with E-state index in [-0.39, 0.29) is 0 Å². The van der Waals surface area contributed by atoms with Crippen molar-refractivity contribution in [3.8, 4) is 0 Å². The van der Waals surface area contributed by atoms with Crippen LogP contribution in [0.1, 0.15) is 24.0 Å². The molecule has 0 radical (unpaired) electrons. The maximum absolute atomic E-state index is 6.04. The zero-order chi connectivity index (χ0) is 13.9. The topological polar surface area (TPSA) is 30.7 Å². The summed E-state index contributed by atoms with van der Waals surface area (Å²) in [5.41, 5.74) is 4.45. The van der Waals surface area contributed by atoms with Crippen molar-refractivity contribution in [2.75, 3.05) is 0 Å². The summed E-state index contributed by atoms with van der Waals surface area (Å²) in [4.78, 5) is 9.10. The Morgan fingerprint density at radius 3 is 2.80 bits per heavy atom. The van der Waals surface area contributed by atoms with Gasteiger partial charge in [0.2, 0.25) is 0 Å². The van der Waals surface area contributed by atoms with Crippen LogP contribution in [0.2, 0.25) is 0 Å². The fourth-order valence-corrected chi connectivity index (χ4v) is 2.69. The molecule has 4 heteroatoms. The minimum atomic E-state index is 0.406. The number of fused-ring (bicyclic) bond motifs is 1. The molecule has 0 aliphatic heterocycles. The van der Waals surface area contributed by atoms with E-state index in [1.165, 1.54) is 5.56 Å². The van der Waals surface area contributed by atoms with E-state index in [9.17, 15) is 0 Å². The molecule has 0 atom stereocenters. The number of hydrogen-bond acceptors (Lipinski definition) is 2. The first-order chi connectivity index (χ1) is 9.83. The SMILES string of the molecule is CCc1cccnc1Cn1c(CCl)nc2ccccc21. The van der Waals surface area contributed by atoms with Crippen molar-refractivity contribution in [1.29, 1.82) is 0 Å². The summed E-state index contributed by atoms with van der Waals surface area (Å²) in [6.45, 7) is 2.86. The second-order valence-corrected chi connectivity index (χ2v) is 4.97. The van der Waals surface area contributed by atoms with E-state index in [0.29, 0.717) is 12.4 Å². The molecule has 0 bridgehead atoms. The van der Waals surface area contributed by atoms with Gasteiger partial charge in [-0.25, -0.2) is 4.98 Å². The normalized spacial score (nSPS) is 11.1. The molecule has 0 saturated carbocycles. The summed E-state index contributed by atoms with van der Waals surface area (Å²) in [5, 5.41) is 0. The highest BCUT2D eigenvalue weighted by Crippen LogP contribution is 2.19. The van der Waals surface area contributed by atoms with Gasteiger partial charge in [-0.1, -0.05) is 25.1 Å². The van der Waals surface area contributed by atoms with E-state index < -0.39 is 0 Å². The van der Waals surface area contributed by atoms with E-state index in [1.54, 1.807) is 0 Å². The third kappa shape index (κ3) is 2.29. The lowest BCUT2D eigenvalue weighted by Gasteiger charge is -2.10. The lowest BCUT2D eigenvalue weighted by Crippen LogP contribution is -2.07. The highest BCUT2D eigenvalue weighted by atomic mass is 35.5. The number of rotatable bonds is 4. The fourth-order valence-electron chi connectivity index (χ4n) is 2.49. The van der Waals surface area contributed by atoms with Gasteiger partial charge < -0.3 is 4.57 Å². The van der Waals surface area contributed by atoms with Gasteiger partial charge >= 0.3 is 0 Å². The van der Waals surface area contributed by atoms with Crippen molar-refractivity contribution >= 4 is 22.6 Å². The van der Waals surface area contributed by atoms with E-state index in [1.807, 2.05) is 30.5 Å². The van der Waals surface area contributed by atoms with Crippen LogP contribution < -0.4 is 0 Å². The lowest BCUT2D eigenvalue weighted by molar-refractivity contribution is 0.747. The zero-order valence-corrected chi connectivity index (χ0v) is 12.1. The molecule has 0 spiro atoms. The Bertz CT molecular complexity index is 733. The van der Waals surface area contributed by atoms with Crippen LogP contribution in [0.25, 0.3) is 11.0 Å². The molecule has 20 heavy (non-hydrogen) atoms. The first kappa shape index (κ1) is 13.1.